The molecule has 18 heavy (non-hydrogen) atoms. The largest absolute Gasteiger partial charge is 0.399 e. The summed E-state index contributed by atoms with van der Waals surface area (Å²) in [4.78, 5) is 0. The van der Waals surface area contributed by atoms with Gasteiger partial charge in [0.1, 0.15) is 6.54 Å². The second-order valence-electron chi connectivity index (χ2n) is 4.37. The highest BCUT2D eigenvalue weighted by molar-refractivity contribution is 5.77. The van der Waals surface area contributed by atoms with E-state index in [0.29, 0.717) is 0 Å². The maximum absolute atomic E-state index is 5.69. The predicted octanol–water partition coefficient (Wildman–Crippen LogP) is 3.14. The molecule has 1 aromatic carbocycles. The number of nitrogen functional groups attached to an aromatic ring is 1. The molecule has 2 aromatic rings. The highest BCUT2D eigenvalue weighted by atomic mass is 14.9. The van der Waals surface area contributed by atoms with E-state index in [1.165, 1.54) is 16.8 Å². The molecule has 0 spiro atoms. The first-order valence-corrected chi connectivity index (χ1v) is 6.23. The van der Waals surface area contributed by atoms with Crippen LogP contribution in [-0.4, -0.2) is 0 Å². The Balaban J connectivity index is 2.35. The van der Waals surface area contributed by atoms with Crippen LogP contribution < -0.4 is 10.3 Å². The lowest BCUT2D eigenvalue weighted by Gasteiger charge is -2.02. The van der Waals surface area contributed by atoms with Crippen LogP contribution in [0, 0.1) is 0 Å². The third-order valence-corrected chi connectivity index (χ3v) is 3.00. The van der Waals surface area contributed by atoms with E-state index >= 15 is 0 Å². The number of aromatic nitrogens is 1. The highest BCUT2D eigenvalue weighted by Gasteiger charge is 2.08. The van der Waals surface area contributed by atoms with Crippen molar-refractivity contribution in [3.8, 4) is 0 Å². The van der Waals surface area contributed by atoms with E-state index in [4.69, 9.17) is 5.73 Å². The van der Waals surface area contributed by atoms with Gasteiger partial charge in [0.05, 0.1) is 0 Å². The number of aryl methyl sites for hydroxylation is 1. The van der Waals surface area contributed by atoms with Crippen LogP contribution in [0.5, 0.6) is 0 Å². The number of nitrogens with two attached hydrogens (primary N) is 1. The molecule has 1 heterocycles. The van der Waals surface area contributed by atoms with Gasteiger partial charge >= 0.3 is 0 Å². The normalized spacial score (nSPS) is 11.6. The Morgan fingerprint density at radius 3 is 2.56 bits per heavy atom. The minimum atomic E-state index is 0.799. The molecular weight excluding hydrogens is 220 g/mol. The standard InChI is InChI=1S/C16H18N2/c1-3-18-11-5-4-6-16(18)13(2)12-14-7-9-15(17)10-8-14/h4-12,17H,3H2,1-2H3/p+1. The minimum Gasteiger partial charge on any atom is -0.399 e. The Morgan fingerprint density at radius 2 is 1.89 bits per heavy atom. The quantitative estimate of drug-likeness (QED) is 0.647. The third-order valence-electron chi connectivity index (χ3n) is 3.00. The van der Waals surface area contributed by atoms with E-state index in [9.17, 15) is 0 Å². The van der Waals surface area contributed by atoms with Gasteiger partial charge in [0, 0.05) is 23.4 Å². The summed E-state index contributed by atoms with van der Waals surface area (Å²) >= 11 is 0. The first kappa shape index (κ1) is 12.4. The van der Waals surface area contributed by atoms with Crippen molar-refractivity contribution >= 4 is 17.3 Å². The lowest BCUT2D eigenvalue weighted by molar-refractivity contribution is -0.695. The van der Waals surface area contributed by atoms with Gasteiger partial charge in [-0.15, -0.1) is 0 Å². The summed E-state index contributed by atoms with van der Waals surface area (Å²) in [7, 11) is 0. The molecule has 0 bridgehead atoms. The van der Waals surface area contributed by atoms with E-state index in [-0.39, 0.29) is 0 Å². The zero-order chi connectivity index (χ0) is 13.0. The molecule has 0 atom stereocenters. The van der Waals surface area contributed by atoms with Crippen LogP contribution in [0.2, 0.25) is 0 Å². The van der Waals surface area contributed by atoms with Crippen LogP contribution in [0.1, 0.15) is 25.1 Å². The average molecular weight is 239 g/mol. The fourth-order valence-corrected chi connectivity index (χ4v) is 2.03. The van der Waals surface area contributed by atoms with Crippen LogP contribution in [0.15, 0.2) is 48.7 Å². The zero-order valence-electron chi connectivity index (χ0n) is 10.9. The van der Waals surface area contributed by atoms with Gasteiger partial charge < -0.3 is 5.73 Å². The van der Waals surface area contributed by atoms with Gasteiger partial charge in [0.2, 0.25) is 5.69 Å². The third kappa shape index (κ3) is 2.77. The lowest BCUT2D eigenvalue weighted by atomic mass is 10.1. The second-order valence-corrected chi connectivity index (χ2v) is 4.37. The smallest absolute Gasteiger partial charge is 0.208 e. The zero-order valence-corrected chi connectivity index (χ0v) is 10.9. The van der Waals surface area contributed by atoms with Crippen LogP contribution in [0.25, 0.3) is 11.6 Å². The number of nitrogens with zero attached hydrogens (tertiary/aromatic N) is 1. The molecule has 1 aromatic heterocycles. The SMILES string of the molecule is CC[n+]1ccccc1/C(C)=C/c1ccc(N)cc1. The molecule has 0 aliphatic heterocycles. The Kier molecular flexibility index (Phi) is 3.78. The molecule has 0 unspecified atom stereocenters. The first-order chi connectivity index (χ1) is 8.70. The molecule has 2 heteroatoms. The van der Waals surface area contributed by atoms with E-state index in [1.807, 2.05) is 24.3 Å². The molecule has 92 valence electrons. The Labute approximate surface area is 108 Å². The summed E-state index contributed by atoms with van der Waals surface area (Å²) in [5, 5.41) is 0. The van der Waals surface area contributed by atoms with E-state index in [2.05, 4.69) is 48.9 Å². The van der Waals surface area contributed by atoms with Gasteiger partial charge in [-0.05, 0) is 43.7 Å². The summed E-state index contributed by atoms with van der Waals surface area (Å²) in [5.74, 6) is 0. The van der Waals surface area contributed by atoms with Crippen molar-refractivity contribution < 1.29 is 4.57 Å². The summed E-state index contributed by atoms with van der Waals surface area (Å²) in [6.07, 6.45) is 4.29. The van der Waals surface area contributed by atoms with Crippen molar-refractivity contribution in [2.45, 2.75) is 20.4 Å². The van der Waals surface area contributed by atoms with Gasteiger partial charge in [-0.3, -0.25) is 0 Å². The first-order valence-electron chi connectivity index (χ1n) is 6.23. The Morgan fingerprint density at radius 1 is 1.17 bits per heavy atom. The van der Waals surface area contributed by atoms with Gasteiger partial charge in [-0.1, -0.05) is 12.1 Å². The van der Waals surface area contributed by atoms with Gasteiger partial charge in [0.15, 0.2) is 6.20 Å². The van der Waals surface area contributed by atoms with Gasteiger partial charge in [-0.25, -0.2) is 0 Å². The monoisotopic (exact) mass is 239 g/mol. The van der Waals surface area contributed by atoms with Gasteiger partial charge in [0.25, 0.3) is 0 Å². The fourth-order valence-electron chi connectivity index (χ4n) is 2.03. The molecule has 2 rings (SSSR count). The van der Waals surface area contributed by atoms with Crippen molar-refractivity contribution in [2.75, 3.05) is 5.73 Å². The van der Waals surface area contributed by atoms with Crippen LogP contribution in [0.4, 0.5) is 5.69 Å². The number of rotatable bonds is 3. The Bertz CT molecular complexity index is 554. The number of anilines is 1. The van der Waals surface area contributed by atoms with Crippen LogP contribution in [-0.2, 0) is 6.54 Å². The molecule has 2 nitrogen and oxygen atoms in total. The number of pyridine rings is 1. The Hall–Kier alpha value is -2.09. The van der Waals surface area contributed by atoms with E-state index in [0.717, 1.165) is 12.2 Å². The molecule has 0 saturated carbocycles. The number of hydrogen-bond donors (Lipinski definition) is 1. The molecule has 0 fully saturated rings. The molecule has 0 saturated heterocycles. The molecular formula is C16H19N2+. The lowest BCUT2D eigenvalue weighted by Crippen LogP contribution is -2.35. The number of benzene rings is 1. The fraction of sp³-hybridized carbons (Fsp3) is 0.188. The minimum absolute atomic E-state index is 0.799. The van der Waals surface area contributed by atoms with Crippen LogP contribution in [0.3, 0.4) is 0 Å². The van der Waals surface area contributed by atoms with E-state index < -0.39 is 0 Å². The van der Waals surface area contributed by atoms with Crippen molar-refractivity contribution in [1.82, 2.24) is 0 Å². The number of hydrogen-bond acceptors (Lipinski definition) is 1. The second kappa shape index (κ2) is 5.50. The average Bonchev–Trinajstić information content (AvgIpc) is 2.41. The van der Waals surface area contributed by atoms with Gasteiger partial charge in [-0.2, -0.15) is 4.57 Å². The number of allylic oxidation sites excluding steroid dienone is 1. The molecule has 0 aliphatic rings. The summed E-state index contributed by atoms with van der Waals surface area (Å²) < 4.78 is 2.24. The summed E-state index contributed by atoms with van der Waals surface area (Å²) in [6, 6.07) is 14.2. The van der Waals surface area contributed by atoms with Crippen molar-refractivity contribution in [2.24, 2.45) is 0 Å². The highest BCUT2D eigenvalue weighted by Crippen LogP contribution is 2.15. The van der Waals surface area contributed by atoms with Crippen molar-refractivity contribution in [3.63, 3.8) is 0 Å². The van der Waals surface area contributed by atoms with E-state index in [1.54, 1.807) is 0 Å². The topological polar surface area (TPSA) is 29.9 Å². The maximum Gasteiger partial charge on any atom is 0.208 e. The summed E-state index contributed by atoms with van der Waals surface area (Å²) in [6.45, 7) is 5.26. The predicted molar refractivity (Wildman–Crippen MR) is 76.7 cm³/mol. The van der Waals surface area contributed by atoms with Crippen molar-refractivity contribution in [1.29, 1.82) is 0 Å². The maximum atomic E-state index is 5.69. The molecule has 0 amide bonds. The molecule has 0 aliphatic carbocycles. The van der Waals surface area contributed by atoms with Crippen LogP contribution >= 0.6 is 0 Å². The summed E-state index contributed by atoms with van der Waals surface area (Å²) in [5.41, 5.74) is 10.2. The molecule has 0 radical (unpaired) electrons. The molecule has 2 N–H and O–H groups in total. The van der Waals surface area contributed by atoms with Crippen molar-refractivity contribution in [3.05, 3.63) is 59.9 Å².